The number of rotatable bonds is 0. The highest BCUT2D eigenvalue weighted by molar-refractivity contribution is 4.96. The molecule has 1 saturated carbocycles. The third-order valence-electron chi connectivity index (χ3n) is 3.00. The molecule has 0 aromatic heterocycles. The van der Waals surface area contributed by atoms with Crippen molar-refractivity contribution in [3.63, 3.8) is 0 Å². The van der Waals surface area contributed by atoms with Crippen molar-refractivity contribution in [2.75, 3.05) is 20.1 Å². The average molecular weight is 169 g/mol. The van der Waals surface area contributed by atoms with Crippen LogP contribution in [0.15, 0.2) is 0 Å². The minimum Gasteiger partial charge on any atom is -0.306 e. The van der Waals surface area contributed by atoms with Crippen molar-refractivity contribution in [3.8, 4) is 0 Å². The summed E-state index contributed by atoms with van der Waals surface area (Å²) in [5.41, 5.74) is 0.868. The predicted molar refractivity (Wildman–Crippen MR) is 54.4 cm³/mol. The van der Waals surface area contributed by atoms with Gasteiger partial charge in [0.2, 0.25) is 0 Å². The van der Waals surface area contributed by atoms with E-state index >= 15 is 0 Å². The molecule has 2 fully saturated rings. The van der Waals surface area contributed by atoms with Crippen LogP contribution in [0.1, 0.15) is 46.0 Å². The molecule has 0 atom stereocenters. The van der Waals surface area contributed by atoms with Gasteiger partial charge in [-0.2, -0.15) is 0 Å². The van der Waals surface area contributed by atoms with Crippen LogP contribution in [0, 0.1) is 5.41 Å². The van der Waals surface area contributed by atoms with Gasteiger partial charge in [0.1, 0.15) is 0 Å². The minimum atomic E-state index is 0.868. The molecule has 2 rings (SSSR count). The van der Waals surface area contributed by atoms with E-state index in [-0.39, 0.29) is 0 Å². The van der Waals surface area contributed by atoms with E-state index in [0.717, 1.165) is 5.41 Å². The zero-order valence-corrected chi connectivity index (χ0v) is 8.90. The van der Waals surface area contributed by atoms with Crippen LogP contribution in [0.2, 0.25) is 0 Å². The van der Waals surface area contributed by atoms with Gasteiger partial charge in [-0.1, -0.05) is 20.3 Å². The molecule has 0 aromatic rings. The first-order valence-electron chi connectivity index (χ1n) is 5.41. The first-order valence-corrected chi connectivity index (χ1v) is 5.41. The van der Waals surface area contributed by atoms with E-state index in [2.05, 4.69) is 25.8 Å². The predicted octanol–water partition coefficient (Wildman–Crippen LogP) is 2.91. The lowest BCUT2D eigenvalue weighted by molar-refractivity contribution is 0.206. The van der Waals surface area contributed by atoms with Crippen LogP contribution in [-0.4, -0.2) is 25.0 Å². The van der Waals surface area contributed by atoms with Gasteiger partial charge in [-0.15, -0.1) is 0 Å². The van der Waals surface area contributed by atoms with Crippen LogP contribution in [0.4, 0.5) is 0 Å². The van der Waals surface area contributed by atoms with E-state index in [1.165, 1.54) is 45.2 Å². The lowest BCUT2D eigenvalue weighted by Gasteiger charge is -2.28. The second-order valence-corrected chi connectivity index (χ2v) is 4.51. The smallest absolute Gasteiger partial charge is 0.00165 e. The van der Waals surface area contributed by atoms with Crippen LogP contribution in [-0.2, 0) is 0 Å². The summed E-state index contributed by atoms with van der Waals surface area (Å²) in [7, 11) is 2.23. The molecule has 2 aliphatic rings. The molecule has 72 valence electrons. The highest BCUT2D eigenvalue weighted by Crippen LogP contribution is 2.53. The quantitative estimate of drug-likeness (QED) is 0.539. The molecule has 1 heterocycles. The summed E-state index contributed by atoms with van der Waals surface area (Å²) in [6, 6.07) is 0. The topological polar surface area (TPSA) is 3.24 Å². The summed E-state index contributed by atoms with van der Waals surface area (Å²) in [4.78, 5) is 2.45. The van der Waals surface area contributed by atoms with Gasteiger partial charge in [-0.3, -0.25) is 0 Å². The highest BCUT2D eigenvalue weighted by Gasteiger charge is 2.43. The van der Waals surface area contributed by atoms with Gasteiger partial charge in [0.15, 0.2) is 0 Å². The van der Waals surface area contributed by atoms with Crippen molar-refractivity contribution in [3.05, 3.63) is 0 Å². The van der Waals surface area contributed by atoms with Gasteiger partial charge < -0.3 is 4.90 Å². The lowest BCUT2D eigenvalue weighted by atomic mass is 9.94. The van der Waals surface area contributed by atoms with E-state index in [0.29, 0.717) is 0 Å². The van der Waals surface area contributed by atoms with Crippen LogP contribution >= 0.6 is 0 Å². The Labute approximate surface area is 77.1 Å². The normalized spacial score (nSPS) is 26.2. The molecule has 0 amide bonds. The van der Waals surface area contributed by atoms with Crippen molar-refractivity contribution < 1.29 is 0 Å². The third kappa shape index (κ3) is 2.78. The van der Waals surface area contributed by atoms with Crippen molar-refractivity contribution in [1.82, 2.24) is 4.90 Å². The Balaban J connectivity index is 0.000000213. The summed E-state index contributed by atoms with van der Waals surface area (Å²) in [6.45, 7) is 6.94. The monoisotopic (exact) mass is 169 g/mol. The Morgan fingerprint density at radius 1 is 1.00 bits per heavy atom. The Kier molecular flexibility index (Phi) is 3.57. The molecule has 0 bridgehead atoms. The van der Waals surface area contributed by atoms with Crippen molar-refractivity contribution >= 4 is 0 Å². The second kappa shape index (κ2) is 4.27. The van der Waals surface area contributed by atoms with E-state index in [4.69, 9.17) is 0 Å². The van der Waals surface area contributed by atoms with Crippen molar-refractivity contribution in [2.45, 2.75) is 46.0 Å². The fraction of sp³-hybridized carbons (Fsp3) is 1.00. The Hall–Kier alpha value is -0.0400. The van der Waals surface area contributed by atoms with Gasteiger partial charge in [0.25, 0.3) is 0 Å². The lowest BCUT2D eigenvalue weighted by Crippen LogP contribution is -2.30. The van der Waals surface area contributed by atoms with E-state index in [1.54, 1.807) is 0 Å². The van der Waals surface area contributed by atoms with Crippen LogP contribution in [0.3, 0.4) is 0 Å². The fourth-order valence-corrected chi connectivity index (χ4v) is 1.77. The molecule has 1 saturated heterocycles. The maximum absolute atomic E-state index is 2.45. The zero-order valence-electron chi connectivity index (χ0n) is 8.90. The molecule has 0 N–H and O–H groups in total. The Morgan fingerprint density at radius 3 is 1.75 bits per heavy atom. The number of hydrogen-bond donors (Lipinski definition) is 0. The number of nitrogens with zero attached hydrogens (tertiary/aromatic N) is 1. The van der Waals surface area contributed by atoms with Crippen LogP contribution < -0.4 is 0 Å². The standard InChI is InChI=1S/C8H15N.C3H8/c1-9-6-4-8(2-3-8)5-7-9;1-3-2/h2-7H2,1H3;3H2,1-2H3. The van der Waals surface area contributed by atoms with Crippen molar-refractivity contribution in [1.29, 1.82) is 0 Å². The molecule has 1 nitrogen and oxygen atoms in total. The molecule has 0 unspecified atom stereocenters. The average Bonchev–Trinajstić information content (AvgIpc) is 2.79. The summed E-state index contributed by atoms with van der Waals surface area (Å²) in [6.07, 6.45) is 7.26. The molecule has 1 aliphatic carbocycles. The minimum absolute atomic E-state index is 0.868. The van der Waals surface area contributed by atoms with Gasteiger partial charge in [0.05, 0.1) is 0 Å². The van der Waals surface area contributed by atoms with Gasteiger partial charge in [0, 0.05) is 0 Å². The molecule has 0 aromatic carbocycles. The van der Waals surface area contributed by atoms with Gasteiger partial charge in [-0.05, 0) is 51.2 Å². The molecule has 1 heteroatoms. The number of piperidine rings is 1. The summed E-state index contributed by atoms with van der Waals surface area (Å²) in [5.74, 6) is 0. The SMILES string of the molecule is CCC.CN1CCC2(CC1)CC2. The molecular weight excluding hydrogens is 146 g/mol. The first-order chi connectivity index (χ1) is 5.72. The first kappa shape index (κ1) is 10.0. The van der Waals surface area contributed by atoms with E-state index in [1.807, 2.05) is 0 Å². The Bertz CT molecular complexity index is 117. The van der Waals surface area contributed by atoms with Gasteiger partial charge >= 0.3 is 0 Å². The van der Waals surface area contributed by atoms with E-state index < -0.39 is 0 Å². The number of hydrogen-bond acceptors (Lipinski definition) is 1. The van der Waals surface area contributed by atoms with Crippen LogP contribution in [0.5, 0.6) is 0 Å². The zero-order chi connectivity index (χ0) is 9.03. The summed E-state index contributed by atoms with van der Waals surface area (Å²) in [5, 5.41) is 0. The Morgan fingerprint density at radius 2 is 1.42 bits per heavy atom. The largest absolute Gasteiger partial charge is 0.306 e. The van der Waals surface area contributed by atoms with Crippen LogP contribution in [0.25, 0.3) is 0 Å². The van der Waals surface area contributed by atoms with Gasteiger partial charge in [-0.25, -0.2) is 0 Å². The molecule has 1 aliphatic heterocycles. The maximum atomic E-state index is 2.45. The highest BCUT2D eigenvalue weighted by atomic mass is 15.1. The molecule has 12 heavy (non-hydrogen) atoms. The maximum Gasteiger partial charge on any atom is -0.00165 e. The molecular formula is C11H23N. The summed E-state index contributed by atoms with van der Waals surface area (Å²) < 4.78 is 0. The van der Waals surface area contributed by atoms with Crippen molar-refractivity contribution in [2.24, 2.45) is 5.41 Å². The van der Waals surface area contributed by atoms with E-state index in [9.17, 15) is 0 Å². The summed E-state index contributed by atoms with van der Waals surface area (Å²) >= 11 is 0. The second-order valence-electron chi connectivity index (χ2n) is 4.51. The molecule has 1 spiro atoms. The number of likely N-dealkylation sites (tertiary alicyclic amines) is 1. The fourth-order valence-electron chi connectivity index (χ4n) is 1.77. The third-order valence-corrected chi connectivity index (χ3v) is 3.00. The molecule has 0 radical (unpaired) electrons.